The number of primary amides is 1. The Morgan fingerprint density at radius 2 is 1.61 bits per heavy atom. The molecule has 0 aromatic heterocycles. The fourth-order valence-electron chi connectivity index (χ4n) is 6.11. The van der Waals surface area contributed by atoms with E-state index in [-0.39, 0.29) is 17.3 Å². The van der Waals surface area contributed by atoms with E-state index in [2.05, 4.69) is 4.90 Å². The van der Waals surface area contributed by atoms with Crippen LogP contribution in [0.5, 0.6) is 0 Å². The Bertz CT molecular complexity index is 930. The first kappa shape index (κ1) is 23.8. The van der Waals surface area contributed by atoms with Crippen molar-refractivity contribution in [1.82, 2.24) is 4.90 Å². The van der Waals surface area contributed by atoms with Crippen LogP contribution in [0, 0.1) is 34.3 Å². The van der Waals surface area contributed by atoms with Crippen LogP contribution >= 0.6 is 0 Å². The summed E-state index contributed by atoms with van der Waals surface area (Å²) in [5, 5.41) is 9.69. The molecule has 0 spiro atoms. The third kappa shape index (κ3) is 4.42. The normalized spacial score (nSPS) is 27.8. The Labute approximate surface area is 192 Å². The van der Waals surface area contributed by atoms with Crippen LogP contribution in [0.3, 0.4) is 0 Å². The molecule has 0 atom stereocenters. The van der Waals surface area contributed by atoms with Gasteiger partial charge < -0.3 is 15.7 Å². The Kier molecular flexibility index (Phi) is 6.58. The highest BCUT2D eigenvalue weighted by atomic mass is 19.2. The van der Waals surface area contributed by atoms with Crippen molar-refractivity contribution in [3.8, 4) is 0 Å². The second kappa shape index (κ2) is 9.12. The lowest BCUT2D eigenvalue weighted by Crippen LogP contribution is -2.50. The van der Waals surface area contributed by atoms with Gasteiger partial charge in [-0.15, -0.1) is 0 Å². The maximum atomic E-state index is 13.5. The third-order valence-electron chi connectivity index (χ3n) is 8.52. The van der Waals surface area contributed by atoms with Gasteiger partial charge in [-0.05, 0) is 102 Å². The maximum Gasteiger partial charge on any atom is 0.310 e. The number of ketones is 1. The topological polar surface area (TPSA) is 101 Å². The van der Waals surface area contributed by atoms with Crippen LogP contribution < -0.4 is 5.73 Å². The molecule has 180 valence electrons. The van der Waals surface area contributed by atoms with Crippen LogP contribution in [0.2, 0.25) is 0 Å². The molecule has 1 heterocycles. The van der Waals surface area contributed by atoms with Crippen molar-refractivity contribution in [3.63, 3.8) is 0 Å². The molecule has 8 heteroatoms. The highest BCUT2D eigenvalue weighted by Gasteiger charge is 2.67. The number of likely N-dealkylation sites (tertiary alicyclic amines) is 1. The molecule has 0 radical (unpaired) electrons. The van der Waals surface area contributed by atoms with Crippen LogP contribution in [-0.2, 0) is 9.59 Å². The summed E-state index contributed by atoms with van der Waals surface area (Å²) in [6, 6.07) is 3.32. The molecule has 2 saturated carbocycles. The van der Waals surface area contributed by atoms with Gasteiger partial charge in [-0.1, -0.05) is 0 Å². The van der Waals surface area contributed by atoms with Gasteiger partial charge in [-0.2, -0.15) is 0 Å². The van der Waals surface area contributed by atoms with E-state index in [1.165, 1.54) is 6.07 Å². The number of rotatable bonds is 8. The van der Waals surface area contributed by atoms with Crippen LogP contribution in [0.4, 0.5) is 8.78 Å². The number of hydrogen-bond donors (Lipinski definition) is 2. The number of carboxylic acids is 1. The van der Waals surface area contributed by atoms with Crippen LogP contribution in [0.25, 0.3) is 0 Å². The Hall–Kier alpha value is -2.35. The monoisotopic (exact) mass is 462 g/mol. The van der Waals surface area contributed by atoms with Gasteiger partial charge in [0.25, 0.3) is 0 Å². The minimum absolute atomic E-state index is 0.129. The zero-order chi connectivity index (χ0) is 23.8. The SMILES string of the molecule is NC(=O)C1(C2(C(=O)O)CC2)CCC(CCN2CCC(C(=O)c3ccc(F)c(F)c3)CC2)CC1. The molecule has 1 aromatic carbocycles. The minimum atomic E-state index is -0.998. The summed E-state index contributed by atoms with van der Waals surface area (Å²) >= 11 is 0. The van der Waals surface area contributed by atoms with E-state index < -0.39 is 34.3 Å². The number of hydrogen-bond acceptors (Lipinski definition) is 4. The maximum absolute atomic E-state index is 13.5. The van der Waals surface area contributed by atoms with E-state index in [1.54, 1.807) is 0 Å². The summed E-state index contributed by atoms with van der Waals surface area (Å²) < 4.78 is 26.6. The molecular formula is C25H32F2N2O4. The largest absolute Gasteiger partial charge is 0.481 e. The number of nitrogens with zero attached hydrogens (tertiary/aromatic N) is 1. The van der Waals surface area contributed by atoms with Crippen molar-refractivity contribution in [2.24, 2.45) is 28.4 Å². The van der Waals surface area contributed by atoms with Crippen LogP contribution in [-0.4, -0.2) is 47.3 Å². The molecule has 1 amide bonds. The Morgan fingerprint density at radius 3 is 2.12 bits per heavy atom. The molecule has 3 aliphatic rings. The number of amides is 1. The summed E-state index contributed by atoms with van der Waals surface area (Å²) in [5.41, 5.74) is 4.08. The number of carbonyl (C=O) groups excluding carboxylic acids is 2. The molecule has 3 fully saturated rings. The summed E-state index contributed by atoms with van der Waals surface area (Å²) in [7, 11) is 0. The molecule has 6 nitrogen and oxygen atoms in total. The molecule has 2 aliphatic carbocycles. The number of halogens is 2. The first-order valence-electron chi connectivity index (χ1n) is 11.9. The fraction of sp³-hybridized carbons (Fsp3) is 0.640. The van der Waals surface area contributed by atoms with Gasteiger partial charge in [0.15, 0.2) is 17.4 Å². The standard InChI is InChI=1S/C25H32F2N2O4/c26-19-2-1-18(15-20(19)27)21(30)17-6-13-29(14-7-17)12-5-16-3-8-24(9-4-16,22(28)31)25(10-11-25)23(32)33/h1-2,15-17H,3-14H2,(H2,28,31)(H,32,33). The van der Waals surface area contributed by atoms with Gasteiger partial charge in [-0.25, -0.2) is 8.78 Å². The summed E-state index contributed by atoms with van der Waals surface area (Å²) in [6.45, 7) is 2.45. The molecule has 0 bridgehead atoms. The molecule has 4 rings (SSSR count). The van der Waals surface area contributed by atoms with E-state index in [0.717, 1.165) is 51.0 Å². The van der Waals surface area contributed by atoms with Gasteiger partial charge >= 0.3 is 5.97 Å². The van der Waals surface area contributed by atoms with Gasteiger partial charge in [0.1, 0.15) is 0 Å². The lowest BCUT2D eigenvalue weighted by molar-refractivity contribution is -0.157. The molecule has 1 aliphatic heterocycles. The number of Topliss-reactive ketones (excluding diaryl/α,β-unsaturated/α-hetero) is 1. The molecule has 0 unspecified atom stereocenters. The number of aliphatic carboxylic acids is 1. The quantitative estimate of drug-likeness (QED) is 0.573. The first-order chi connectivity index (χ1) is 15.7. The minimum Gasteiger partial charge on any atom is -0.481 e. The predicted octanol–water partition coefficient (Wildman–Crippen LogP) is 3.78. The van der Waals surface area contributed by atoms with Gasteiger partial charge in [-0.3, -0.25) is 14.4 Å². The van der Waals surface area contributed by atoms with Crippen LogP contribution in [0.15, 0.2) is 18.2 Å². The fourth-order valence-corrected chi connectivity index (χ4v) is 6.11. The lowest BCUT2D eigenvalue weighted by Gasteiger charge is -2.42. The molecule has 1 saturated heterocycles. The van der Waals surface area contributed by atoms with E-state index in [0.29, 0.717) is 44.4 Å². The van der Waals surface area contributed by atoms with Gasteiger partial charge in [0.2, 0.25) is 5.91 Å². The number of carbonyl (C=O) groups is 3. The molecule has 33 heavy (non-hydrogen) atoms. The molecular weight excluding hydrogens is 430 g/mol. The highest BCUT2D eigenvalue weighted by Crippen LogP contribution is 2.64. The summed E-state index contributed by atoms with van der Waals surface area (Å²) in [6.07, 6.45) is 6.13. The lowest BCUT2D eigenvalue weighted by atomic mass is 9.60. The predicted molar refractivity (Wildman–Crippen MR) is 117 cm³/mol. The number of benzene rings is 1. The molecule has 3 N–H and O–H groups in total. The highest BCUT2D eigenvalue weighted by molar-refractivity contribution is 5.98. The van der Waals surface area contributed by atoms with E-state index in [4.69, 9.17) is 5.73 Å². The summed E-state index contributed by atoms with van der Waals surface area (Å²) in [5.74, 6) is -3.17. The van der Waals surface area contributed by atoms with Crippen molar-refractivity contribution in [1.29, 1.82) is 0 Å². The average Bonchev–Trinajstić information content (AvgIpc) is 3.62. The Balaban J connectivity index is 1.24. The Morgan fingerprint density at radius 1 is 0.970 bits per heavy atom. The number of nitrogens with two attached hydrogens (primary N) is 1. The third-order valence-corrected chi connectivity index (χ3v) is 8.52. The number of carboxylic acid groups (broad SMARTS) is 1. The smallest absolute Gasteiger partial charge is 0.310 e. The van der Waals surface area contributed by atoms with E-state index in [9.17, 15) is 28.3 Å². The van der Waals surface area contributed by atoms with Crippen molar-refractivity contribution in [2.75, 3.05) is 19.6 Å². The van der Waals surface area contributed by atoms with E-state index in [1.807, 2.05) is 0 Å². The van der Waals surface area contributed by atoms with Crippen LogP contribution in [0.1, 0.15) is 68.1 Å². The van der Waals surface area contributed by atoms with Gasteiger partial charge in [0, 0.05) is 11.5 Å². The van der Waals surface area contributed by atoms with Crippen molar-refractivity contribution in [3.05, 3.63) is 35.4 Å². The van der Waals surface area contributed by atoms with Gasteiger partial charge in [0.05, 0.1) is 10.8 Å². The molecule has 1 aromatic rings. The zero-order valence-electron chi connectivity index (χ0n) is 18.8. The zero-order valence-corrected chi connectivity index (χ0v) is 18.8. The van der Waals surface area contributed by atoms with Crippen molar-refractivity contribution in [2.45, 2.75) is 57.8 Å². The van der Waals surface area contributed by atoms with Crippen molar-refractivity contribution >= 4 is 17.7 Å². The average molecular weight is 463 g/mol. The first-order valence-corrected chi connectivity index (χ1v) is 11.9. The second-order valence-electron chi connectivity index (χ2n) is 10.2. The van der Waals surface area contributed by atoms with E-state index >= 15 is 0 Å². The second-order valence-corrected chi connectivity index (χ2v) is 10.2. The summed E-state index contributed by atoms with van der Waals surface area (Å²) in [4.78, 5) is 39.1. The van der Waals surface area contributed by atoms with Crippen molar-refractivity contribution < 1.29 is 28.3 Å². The number of piperidine rings is 1.